The van der Waals surface area contributed by atoms with E-state index in [1.165, 1.54) is 6.92 Å². The first-order valence-corrected chi connectivity index (χ1v) is 10.2. The molecular weight excluding hydrogens is 378 g/mol. The fourth-order valence-corrected chi connectivity index (χ4v) is 5.16. The molecule has 154 valence electrons. The van der Waals surface area contributed by atoms with E-state index in [2.05, 4.69) is 6.07 Å². The summed E-state index contributed by atoms with van der Waals surface area (Å²) in [7, 11) is 0. The maximum atomic E-state index is 12.3. The highest BCUT2D eigenvalue weighted by molar-refractivity contribution is 5.81. The number of likely N-dealkylation sites (tertiary alicyclic amines) is 2. The predicted molar refractivity (Wildman–Crippen MR) is 112 cm³/mol. The van der Waals surface area contributed by atoms with Gasteiger partial charge in [-0.25, -0.2) is 0 Å². The molecule has 1 spiro atoms. The number of nitriles is 1. The second kappa shape index (κ2) is 7.58. The van der Waals surface area contributed by atoms with Gasteiger partial charge < -0.3 is 14.9 Å². The molecule has 0 saturated carbocycles. The largest absolute Gasteiger partial charge is 0.394 e. The highest BCUT2D eigenvalue weighted by Crippen LogP contribution is 2.54. The van der Waals surface area contributed by atoms with Crippen LogP contribution in [-0.4, -0.2) is 58.0 Å². The zero-order valence-electron chi connectivity index (χ0n) is 17.2. The third-order valence-electron chi connectivity index (χ3n) is 6.50. The number of rotatable bonds is 4. The molecular formula is C24H25N3O3. The summed E-state index contributed by atoms with van der Waals surface area (Å²) in [4.78, 5) is 28.0. The Morgan fingerprint density at radius 1 is 1.10 bits per heavy atom. The van der Waals surface area contributed by atoms with Gasteiger partial charge in [0.1, 0.15) is 0 Å². The molecule has 2 amide bonds. The van der Waals surface area contributed by atoms with Crippen molar-refractivity contribution in [1.82, 2.24) is 9.80 Å². The van der Waals surface area contributed by atoms with Gasteiger partial charge in [0, 0.05) is 32.4 Å². The first-order chi connectivity index (χ1) is 14.4. The van der Waals surface area contributed by atoms with Crippen molar-refractivity contribution in [1.29, 1.82) is 5.26 Å². The minimum absolute atomic E-state index is 0.0117. The first-order valence-electron chi connectivity index (χ1n) is 10.2. The monoisotopic (exact) mass is 403 g/mol. The van der Waals surface area contributed by atoms with Crippen LogP contribution in [0.1, 0.15) is 37.3 Å². The lowest BCUT2D eigenvalue weighted by atomic mass is 9.60. The summed E-state index contributed by atoms with van der Waals surface area (Å²) < 4.78 is 0. The van der Waals surface area contributed by atoms with Gasteiger partial charge >= 0.3 is 0 Å². The van der Waals surface area contributed by atoms with Crippen molar-refractivity contribution < 1.29 is 14.7 Å². The van der Waals surface area contributed by atoms with Gasteiger partial charge in [0.05, 0.1) is 29.8 Å². The van der Waals surface area contributed by atoms with Gasteiger partial charge in [0.2, 0.25) is 11.8 Å². The normalized spacial score (nSPS) is 21.5. The van der Waals surface area contributed by atoms with E-state index in [4.69, 9.17) is 5.26 Å². The molecule has 6 heteroatoms. The molecule has 0 radical (unpaired) electrons. The van der Waals surface area contributed by atoms with Crippen LogP contribution in [0.3, 0.4) is 0 Å². The molecule has 0 bridgehead atoms. The standard InChI is InChI=1S/C24H25N3O3/c1-3-22(30)26-14-24(15-26)23(21(13-28)27(24)16(2)29)20-10-8-19(9-11-20)18-6-4-17(12-25)5-7-18/h4-11,21,23,28H,3,13-15H2,1-2H3/t21-,23-/m1/s1. The van der Waals surface area contributed by atoms with Crippen molar-refractivity contribution in [2.24, 2.45) is 0 Å². The van der Waals surface area contributed by atoms with Crippen LogP contribution >= 0.6 is 0 Å². The van der Waals surface area contributed by atoms with Gasteiger partial charge in [0.15, 0.2) is 0 Å². The van der Waals surface area contributed by atoms with E-state index in [1.54, 1.807) is 21.9 Å². The summed E-state index contributed by atoms with van der Waals surface area (Å²) in [5, 5.41) is 19.0. The van der Waals surface area contributed by atoms with E-state index < -0.39 is 5.54 Å². The fourth-order valence-electron chi connectivity index (χ4n) is 5.16. The van der Waals surface area contributed by atoms with E-state index >= 15 is 0 Å². The number of carbonyl (C=O) groups excluding carboxylic acids is 2. The fraction of sp³-hybridized carbons (Fsp3) is 0.375. The third-order valence-corrected chi connectivity index (χ3v) is 6.50. The Kier molecular flexibility index (Phi) is 5.08. The predicted octanol–water partition coefficient (Wildman–Crippen LogP) is 2.52. The van der Waals surface area contributed by atoms with Gasteiger partial charge in [-0.15, -0.1) is 0 Å². The van der Waals surface area contributed by atoms with Crippen molar-refractivity contribution in [3.05, 3.63) is 59.7 Å². The van der Waals surface area contributed by atoms with E-state index in [0.29, 0.717) is 25.1 Å². The number of nitrogens with zero attached hydrogens (tertiary/aromatic N) is 3. The smallest absolute Gasteiger partial charge is 0.222 e. The average molecular weight is 403 g/mol. The van der Waals surface area contributed by atoms with Crippen LogP contribution in [0.2, 0.25) is 0 Å². The number of carbonyl (C=O) groups is 2. The van der Waals surface area contributed by atoms with E-state index in [-0.39, 0.29) is 30.4 Å². The van der Waals surface area contributed by atoms with Crippen LogP contribution in [0, 0.1) is 11.3 Å². The summed E-state index contributed by atoms with van der Waals surface area (Å²) in [6.45, 7) is 4.28. The molecule has 2 atom stereocenters. The Labute approximate surface area is 176 Å². The van der Waals surface area contributed by atoms with Crippen LogP contribution in [0.5, 0.6) is 0 Å². The second-order valence-corrected chi connectivity index (χ2v) is 8.13. The Hall–Kier alpha value is -3.17. The molecule has 0 unspecified atom stereocenters. The first kappa shape index (κ1) is 20.1. The second-order valence-electron chi connectivity index (χ2n) is 8.13. The minimum Gasteiger partial charge on any atom is -0.394 e. The lowest BCUT2D eigenvalue weighted by Gasteiger charge is -2.70. The Balaban J connectivity index is 1.61. The topological polar surface area (TPSA) is 84.6 Å². The molecule has 2 aromatic rings. The van der Waals surface area contributed by atoms with Crippen LogP contribution < -0.4 is 0 Å². The van der Waals surface area contributed by atoms with Crippen LogP contribution in [-0.2, 0) is 9.59 Å². The van der Waals surface area contributed by atoms with Crippen LogP contribution in [0.15, 0.2) is 48.5 Å². The van der Waals surface area contributed by atoms with Crippen molar-refractivity contribution in [3.63, 3.8) is 0 Å². The average Bonchev–Trinajstić information content (AvgIpc) is 2.72. The van der Waals surface area contributed by atoms with Crippen molar-refractivity contribution in [2.45, 2.75) is 37.8 Å². The number of amides is 2. The highest BCUT2D eigenvalue weighted by Gasteiger charge is 2.67. The number of benzene rings is 2. The molecule has 2 fully saturated rings. The molecule has 2 aliphatic rings. The molecule has 0 aromatic heterocycles. The molecule has 2 aromatic carbocycles. The molecule has 2 saturated heterocycles. The number of hydrogen-bond acceptors (Lipinski definition) is 4. The summed E-state index contributed by atoms with van der Waals surface area (Å²) in [6, 6.07) is 17.4. The number of aliphatic hydroxyl groups is 1. The van der Waals surface area contributed by atoms with E-state index in [1.807, 2.05) is 43.3 Å². The van der Waals surface area contributed by atoms with E-state index in [9.17, 15) is 14.7 Å². The van der Waals surface area contributed by atoms with Gasteiger partial charge in [-0.05, 0) is 28.8 Å². The Morgan fingerprint density at radius 2 is 1.67 bits per heavy atom. The summed E-state index contributed by atoms with van der Waals surface area (Å²) in [5.74, 6) is 0.0110. The SMILES string of the molecule is CCC(=O)N1CC2(C1)[C@H](c1ccc(-c3ccc(C#N)cc3)cc1)[C@@H](CO)N2C(C)=O. The molecule has 4 rings (SSSR count). The Morgan fingerprint density at radius 3 is 2.13 bits per heavy atom. The summed E-state index contributed by atoms with van der Waals surface area (Å²) in [6.07, 6.45) is 0.448. The quantitative estimate of drug-likeness (QED) is 0.850. The molecule has 2 aliphatic heterocycles. The molecule has 1 N–H and O–H groups in total. The number of aliphatic hydroxyl groups excluding tert-OH is 1. The summed E-state index contributed by atoms with van der Waals surface area (Å²) in [5.41, 5.74) is 3.32. The third kappa shape index (κ3) is 2.98. The Bertz CT molecular complexity index is 1000. The van der Waals surface area contributed by atoms with Gasteiger partial charge in [-0.3, -0.25) is 9.59 Å². The highest BCUT2D eigenvalue weighted by atomic mass is 16.3. The molecule has 2 heterocycles. The van der Waals surface area contributed by atoms with E-state index in [0.717, 1.165) is 16.7 Å². The lowest BCUT2D eigenvalue weighted by molar-refractivity contribution is -0.201. The minimum atomic E-state index is -0.431. The van der Waals surface area contributed by atoms with Gasteiger partial charge in [0.25, 0.3) is 0 Å². The van der Waals surface area contributed by atoms with Gasteiger partial charge in [-0.2, -0.15) is 5.26 Å². The van der Waals surface area contributed by atoms with Crippen molar-refractivity contribution >= 4 is 11.8 Å². The lowest BCUT2D eigenvalue weighted by Crippen LogP contribution is -2.85. The number of hydrogen-bond donors (Lipinski definition) is 1. The maximum absolute atomic E-state index is 12.3. The van der Waals surface area contributed by atoms with Crippen molar-refractivity contribution in [3.8, 4) is 17.2 Å². The molecule has 30 heavy (non-hydrogen) atoms. The summed E-state index contributed by atoms with van der Waals surface area (Å²) >= 11 is 0. The molecule has 6 nitrogen and oxygen atoms in total. The van der Waals surface area contributed by atoms with Crippen LogP contribution in [0.25, 0.3) is 11.1 Å². The molecule has 0 aliphatic carbocycles. The zero-order chi connectivity index (χ0) is 21.5. The zero-order valence-corrected chi connectivity index (χ0v) is 17.2. The van der Waals surface area contributed by atoms with Crippen molar-refractivity contribution in [2.75, 3.05) is 19.7 Å². The van der Waals surface area contributed by atoms with Gasteiger partial charge in [-0.1, -0.05) is 43.3 Å². The maximum Gasteiger partial charge on any atom is 0.222 e. The van der Waals surface area contributed by atoms with Crippen LogP contribution in [0.4, 0.5) is 0 Å².